The van der Waals surface area contributed by atoms with Crippen LogP contribution in [-0.4, -0.2) is 28.2 Å². The summed E-state index contributed by atoms with van der Waals surface area (Å²) in [6, 6.07) is 14.1. The van der Waals surface area contributed by atoms with E-state index in [4.69, 9.17) is 22.1 Å². The molecule has 7 nitrogen and oxygen atoms in total. The first-order valence-corrected chi connectivity index (χ1v) is 11.6. The summed E-state index contributed by atoms with van der Waals surface area (Å²) in [6.07, 6.45) is 3.13. The summed E-state index contributed by atoms with van der Waals surface area (Å²) in [5.41, 5.74) is 7.45. The van der Waals surface area contributed by atoms with Crippen molar-refractivity contribution in [1.29, 1.82) is 0 Å². The van der Waals surface area contributed by atoms with Gasteiger partial charge in [-0.2, -0.15) is 0 Å². The number of pyridine rings is 2. The van der Waals surface area contributed by atoms with E-state index in [-0.39, 0.29) is 23.9 Å². The van der Waals surface area contributed by atoms with Crippen LogP contribution in [0.15, 0.2) is 54.7 Å². The van der Waals surface area contributed by atoms with Crippen molar-refractivity contribution in [1.82, 2.24) is 9.97 Å². The Morgan fingerprint density at radius 3 is 2.79 bits per heavy atom. The number of ether oxygens (including phenoxy) is 1. The average molecular weight is 484 g/mol. The summed E-state index contributed by atoms with van der Waals surface area (Å²) in [4.78, 5) is 20.2. The Morgan fingerprint density at radius 2 is 2.03 bits per heavy atom. The number of nitrogens with two attached hydrogens (primary N) is 1. The van der Waals surface area contributed by atoms with Crippen molar-refractivity contribution in [2.45, 2.75) is 44.9 Å². The fraction of sp³-hybridized carbons (Fsp3) is 0.320. The highest BCUT2D eigenvalue weighted by atomic mass is 35.5. The molecule has 9 heteroatoms. The van der Waals surface area contributed by atoms with Gasteiger partial charge in [-0.25, -0.2) is 19.2 Å². The molecule has 3 atom stereocenters. The summed E-state index contributed by atoms with van der Waals surface area (Å²) >= 11 is 6.45. The van der Waals surface area contributed by atoms with Crippen LogP contribution in [0.4, 0.5) is 20.8 Å². The molecule has 1 amide bonds. The van der Waals surface area contributed by atoms with Crippen molar-refractivity contribution in [2.24, 2.45) is 11.7 Å². The number of amides is 1. The van der Waals surface area contributed by atoms with Gasteiger partial charge in [0.25, 0.3) is 0 Å². The molecule has 1 aliphatic carbocycles. The van der Waals surface area contributed by atoms with Gasteiger partial charge in [-0.3, -0.25) is 0 Å². The molecule has 4 N–H and O–H groups in total. The van der Waals surface area contributed by atoms with E-state index in [2.05, 4.69) is 27.5 Å². The molecule has 4 rings (SSSR count). The van der Waals surface area contributed by atoms with E-state index in [1.165, 1.54) is 12.1 Å². The van der Waals surface area contributed by atoms with Crippen LogP contribution in [-0.2, 0) is 11.3 Å². The number of hydrogen-bond donors (Lipinski definition) is 3. The minimum atomic E-state index is -0.729. The molecule has 0 saturated heterocycles. The maximum atomic E-state index is 13.4. The number of nitrogens with zero attached hydrogens (tertiary/aromatic N) is 2. The van der Waals surface area contributed by atoms with Gasteiger partial charge < -0.3 is 21.1 Å². The Balaban J connectivity index is 1.44. The smallest absolute Gasteiger partial charge is 0.404 e. The van der Waals surface area contributed by atoms with Crippen LogP contribution in [0.5, 0.6) is 0 Å². The molecule has 2 heterocycles. The molecular weight excluding hydrogens is 457 g/mol. The number of halogens is 2. The number of hydrogen-bond acceptors (Lipinski definition) is 6. The van der Waals surface area contributed by atoms with Crippen LogP contribution in [0, 0.1) is 11.7 Å². The Morgan fingerprint density at radius 1 is 1.21 bits per heavy atom. The molecule has 0 spiro atoms. The SMILES string of the molecule is C[C@@H]1C[C@H](Nc2cc(-c3cccc(NCc4cccc(F)c4)n3)c(Cl)cn2)CC[C@H]1OC(N)=O. The average Bonchev–Trinajstić information content (AvgIpc) is 2.81. The Hall–Kier alpha value is -3.39. The van der Waals surface area contributed by atoms with Crippen LogP contribution < -0.4 is 16.4 Å². The quantitative estimate of drug-likeness (QED) is 0.403. The minimum absolute atomic E-state index is 0.156. The highest BCUT2D eigenvalue weighted by Gasteiger charge is 2.30. The zero-order valence-electron chi connectivity index (χ0n) is 18.8. The topological polar surface area (TPSA) is 102 Å². The molecule has 34 heavy (non-hydrogen) atoms. The zero-order chi connectivity index (χ0) is 24.1. The van der Waals surface area contributed by atoms with Gasteiger partial charge in [0.1, 0.15) is 23.6 Å². The molecule has 0 unspecified atom stereocenters. The van der Waals surface area contributed by atoms with Gasteiger partial charge in [-0.15, -0.1) is 0 Å². The monoisotopic (exact) mass is 483 g/mol. The van der Waals surface area contributed by atoms with Gasteiger partial charge >= 0.3 is 6.09 Å². The van der Waals surface area contributed by atoms with Crippen molar-refractivity contribution in [2.75, 3.05) is 10.6 Å². The first kappa shape index (κ1) is 23.8. The maximum Gasteiger partial charge on any atom is 0.404 e. The number of carbonyl (C=O) groups is 1. The van der Waals surface area contributed by atoms with E-state index in [9.17, 15) is 9.18 Å². The maximum absolute atomic E-state index is 13.4. The highest BCUT2D eigenvalue weighted by Crippen LogP contribution is 2.32. The van der Waals surface area contributed by atoms with Gasteiger partial charge in [0.15, 0.2) is 0 Å². The molecule has 1 aliphatic rings. The second-order valence-corrected chi connectivity index (χ2v) is 8.96. The molecule has 3 aromatic rings. The molecule has 1 aromatic carbocycles. The Bertz CT molecular complexity index is 1160. The van der Waals surface area contributed by atoms with Gasteiger partial charge in [-0.05, 0) is 61.1 Å². The third-order valence-electron chi connectivity index (χ3n) is 5.95. The van der Waals surface area contributed by atoms with Crippen molar-refractivity contribution < 1.29 is 13.9 Å². The van der Waals surface area contributed by atoms with Crippen LogP contribution in [0.3, 0.4) is 0 Å². The predicted octanol–water partition coefficient (Wildman–Crippen LogP) is 5.61. The number of benzene rings is 1. The fourth-order valence-electron chi connectivity index (χ4n) is 4.27. The van der Waals surface area contributed by atoms with Crippen LogP contribution >= 0.6 is 11.6 Å². The predicted molar refractivity (Wildman–Crippen MR) is 131 cm³/mol. The third-order valence-corrected chi connectivity index (χ3v) is 6.25. The number of rotatable bonds is 7. The molecule has 0 aliphatic heterocycles. The zero-order valence-corrected chi connectivity index (χ0v) is 19.6. The summed E-state index contributed by atoms with van der Waals surface area (Å²) in [7, 11) is 0. The first-order chi connectivity index (χ1) is 16.4. The number of nitrogens with one attached hydrogen (secondary N) is 2. The number of primary amides is 1. The third kappa shape index (κ3) is 6.14. The van der Waals surface area contributed by atoms with E-state index < -0.39 is 6.09 Å². The van der Waals surface area contributed by atoms with E-state index in [0.717, 1.165) is 30.4 Å². The lowest BCUT2D eigenvalue weighted by atomic mass is 9.84. The summed E-state index contributed by atoms with van der Waals surface area (Å²) in [6.45, 7) is 2.50. The van der Waals surface area contributed by atoms with E-state index in [1.54, 1.807) is 12.3 Å². The molecule has 178 valence electrons. The molecule has 1 saturated carbocycles. The second kappa shape index (κ2) is 10.7. The van der Waals surface area contributed by atoms with Gasteiger partial charge in [-0.1, -0.05) is 36.7 Å². The summed E-state index contributed by atoms with van der Waals surface area (Å²) in [5.74, 6) is 1.28. The van der Waals surface area contributed by atoms with Crippen molar-refractivity contribution in [3.05, 3.63) is 71.1 Å². The summed E-state index contributed by atoms with van der Waals surface area (Å²) < 4.78 is 18.6. The number of carbonyl (C=O) groups excluding carboxylic acids is 1. The largest absolute Gasteiger partial charge is 0.446 e. The Kier molecular flexibility index (Phi) is 7.47. The molecule has 1 fully saturated rings. The molecule has 0 radical (unpaired) electrons. The lowest BCUT2D eigenvalue weighted by molar-refractivity contribution is 0.0465. The van der Waals surface area contributed by atoms with E-state index in [1.807, 2.05) is 30.3 Å². The van der Waals surface area contributed by atoms with Crippen LogP contribution in [0.2, 0.25) is 5.02 Å². The second-order valence-electron chi connectivity index (χ2n) is 8.55. The Labute approximate surface area is 202 Å². The van der Waals surface area contributed by atoms with Crippen molar-refractivity contribution in [3.8, 4) is 11.3 Å². The lowest BCUT2D eigenvalue weighted by Crippen LogP contribution is -2.38. The first-order valence-electron chi connectivity index (χ1n) is 11.2. The van der Waals surface area contributed by atoms with Gasteiger partial charge in [0, 0.05) is 24.3 Å². The van der Waals surface area contributed by atoms with E-state index >= 15 is 0 Å². The number of anilines is 2. The van der Waals surface area contributed by atoms with Crippen LogP contribution in [0.1, 0.15) is 31.7 Å². The van der Waals surface area contributed by atoms with Gasteiger partial charge in [0.2, 0.25) is 0 Å². The lowest BCUT2D eigenvalue weighted by Gasteiger charge is -2.34. The van der Waals surface area contributed by atoms with Crippen LogP contribution in [0.25, 0.3) is 11.3 Å². The molecular formula is C25H27ClFN5O2. The normalized spacial score (nSPS) is 19.9. The van der Waals surface area contributed by atoms with Gasteiger partial charge in [0.05, 0.1) is 10.7 Å². The van der Waals surface area contributed by atoms with E-state index in [0.29, 0.717) is 28.9 Å². The molecule has 2 aromatic heterocycles. The van der Waals surface area contributed by atoms with Crippen molar-refractivity contribution in [3.63, 3.8) is 0 Å². The van der Waals surface area contributed by atoms with Crippen molar-refractivity contribution >= 4 is 29.3 Å². The summed E-state index contributed by atoms with van der Waals surface area (Å²) in [5, 5.41) is 7.19. The molecule has 0 bridgehead atoms. The number of aromatic nitrogens is 2. The fourth-order valence-corrected chi connectivity index (χ4v) is 4.47. The highest BCUT2D eigenvalue weighted by molar-refractivity contribution is 6.33. The minimum Gasteiger partial charge on any atom is -0.446 e. The standard InChI is InChI=1S/C25H27ClFN5O2/c1-15-10-18(8-9-22(15)34-25(28)33)31-24-12-19(20(26)14-30-24)21-6-3-7-23(32-21)29-13-16-4-2-5-17(27)11-16/h2-7,11-12,14-15,18,22H,8-10,13H2,1H3,(H2,28,33)(H,29,32)(H,30,31)/t15-,18-,22-/m1/s1.